The fourth-order valence-electron chi connectivity index (χ4n) is 1.87. The topological polar surface area (TPSA) is 69.6 Å². The van der Waals surface area contributed by atoms with Crippen molar-refractivity contribution in [3.8, 4) is 0 Å². The summed E-state index contributed by atoms with van der Waals surface area (Å²) in [5, 5.41) is 11.4. The van der Waals surface area contributed by atoms with Crippen molar-refractivity contribution in [1.82, 2.24) is 4.90 Å². The Morgan fingerprint density at radius 1 is 1.40 bits per heavy atom. The summed E-state index contributed by atoms with van der Waals surface area (Å²) in [7, 11) is 0. The first kappa shape index (κ1) is 14.6. The molecule has 0 aromatic heterocycles. The van der Waals surface area contributed by atoms with Crippen molar-refractivity contribution in [3.63, 3.8) is 0 Å². The second-order valence-corrected chi connectivity index (χ2v) is 5.09. The molecule has 2 rings (SSSR count). The molecule has 108 valence electrons. The Hall–Kier alpha value is -1.82. The number of hydrogen-bond donors (Lipinski definition) is 2. The fraction of sp³-hybridized carbons (Fsp3) is 0.385. The predicted molar refractivity (Wildman–Crippen MR) is 72.4 cm³/mol. The van der Waals surface area contributed by atoms with Crippen LogP contribution >= 0.6 is 11.6 Å². The quantitative estimate of drug-likeness (QED) is 0.878. The second kappa shape index (κ2) is 6.09. The van der Waals surface area contributed by atoms with Gasteiger partial charge in [0.05, 0.1) is 6.42 Å². The number of carboxylic acids is 1. The molecule has 0 saturated heterocycles. The number of carbonyl (C=O) groups excluding carboxylic acids is 1. The minimum Gasteiger partial charge on any atom is -0.481 e. The Bertz CT molecular complexity index is 514. The van der Waals surface area contributed by atoms with E-state index in [1.54, 1.807) is 0 Å². The molecule has 20 heavy (non-hydrogen) atoms. The van der Waals surface area contributed by atoms with Crippen LogP contribution in [0.2, 0.25) is 5.02 Å². The number of rotatable bonds is 5. The maximum Gasteiger partial charge on any atom is 0.322 e. The van der Waals surface area contributed by atoms with Gasteiger partial charge >= 0.3 is 12.0 Å². The molecule has 0 radical (unpaired) electrons. The molecule has 0 unspecified atom stereocenters. The van der Waals surface area contributed by atoms with Gasteiger partial charge < -0.3 is 15.3 Å². The summed E-state index contributed by atoms with van der Waals surface area (Å²) in [6, 6.07) is 3.37. The van der Waals surface area contributed by atoms with Gasteiger partial charge in [-0.15, -0.1) is 0 Å². The van der Waals surface area contributed by atoms with Gasteiger partial charge in [-0.05, 0) is 31.0 Å². The molecule has 1 aliphatic rings. The average molecular weight is 301 g/mol. The standard InChI is InChI=1S/C13H14ClFN2O3/c14-8-5-9(15)7-10(6-8)16-13(20)17(11-1-2-11)4-3-12(18)19/h5-7,11H,1-4H2,(H,16,20)(H,18,19). The van der Waals surface area contributed by atoms with E-state index in [0.717, 1.165) is 25.0 Å². The van der Waals surface area contributed by atoms with E-state index < -0.39 is 17.8 Å². The molecule has 2 amide bonds. The number of benzene rings is 1. The van der Waals surface area contributed by atoms with Crippen LogP contribution < -0.4 is 5.32 Å². The minimum atomic E-state index is -0.961. The molecular weight excluding hydrogens is 287 g/mol. The SMILES string of the molecule is O=C(O)CCN(C(=O)Nc1cc(F)cc(Cl)c1)C1CC1. The van der Waals surface area contributed by atoms with Gasteiger partial charge in [0.15, 0.2) is 0 Å². The van der Waals surface area contributed by atoms with Gasteiger partial charge in [-0.3, -0.25) is 4.79 Å². The van der Waals surface area contributed by atoms with Gasteiger partial charge in [0, 0.05) is 23.3 Å². The van der Waals surface area contributed by atoms with Gasteiger partial charge in [-0.2, -0.15) is 0 Å². The van der Waals surface area contributed by atoms with Crippen molar-refractivity contribution in [2.45, 2.75) is 25.3 Å². The Balaban J connectivity index is 2.02. The van der Waals surface area contributed by atoms with Gasteiger partial charge in [-0.1, -0.05) is 11.6 Å². The molecule has 0 bridgehead atoms. The maximum absolute atomic E-state index is 13.2. The molecule has 0 spiro atoms. The van der Waals surface area contributed by atoms with E-state index >= 15 is 0 Å². The van der Waals surface area contributed by atoms with Crippen LogP contribution in [0.4, 0.5) is 14.9 Å². The zero-order valence-electron chi connectivity index (χ0n) is 10.6. The second-order valence-electron chi connectivity index (χ2n) is 4.66. The highest BCUT2D eigenvalue weighted by Gasteiger charge is 2.32. The first-order valence-corrected chi connectivity index (χ1v) is 6.59. The molecule has 1 aromatic rings. The van der Waals surface area contributed by atoms with E-state index in [-0.39, 0.29) is 29.7 Å². The molecule has 1 aliphatic carbocycles. The molecule has 5 nitrogen and oxygen atoms in total. The van der Waals surface area contributed by atoms with E-state index in [0.29, 0.717) is 0 Å². The van der Waals surface area contributed by atoms with Crippen LogP contribution in [0.15, 0.2) is 18.2 Å². The van der Waals surface area contributed by atoms with Gasteiger partial charge in [0.1, 0.15) is 5.82 Å². The zero-order valence-corrected chi connectivity index (χ0v) is 11.4. The summed E-state index contributed by atoms with van der Waals surface area (Å²) in [6.45, 7) is 0.134. The van der Waals surface area contributed by atoms with E-state index in [1.165, 1.54) is 11.0 Å². The summed E-state index contributed by atoms with van der Waals surface area (Å²) in [4.78, 5) is 24.1. The monoisotopic (exact) mass is 300 g/mol. The number of amides is 2. The molecule has 2 N–H and O–H groups in total. The number of aliphatic carboxylic acids is 1. The Morgan fingerprint density at radius 2 is 2.10 bits per heavy atom. The van der Waals surface area contributed by atoms with Gasteiger partial charge in [0.25, 0.3) is 0 Å². The van der Waals surface area contributed by atoms with Gasteiger partial charge in [-0.25, -0.2) is 9.18 Å². The molecule has 1 aromatic carbocycles. The largest absolute Gasteiger partial charge is 0.481 e. The molecule has 1 saturated carbocycles. The summed E-state index contributed by atoms with van der Waals surface area (Å²) < 4.78 is 13.2. The van der Waals surface area contributed by atoms with Crippen LogP contribution in [0, 0.1) is 5.82 Å². The summed E-state index contributed by atoms with van der Waals surface area (Å²) in [6.07, 6.45) is 1.60. The first-order valence-electron chi connectivity index (χ1n) is 6.21. The molecule has 7 heteroatoms. The smallest absolute Gasteiger partial charge is 0.322 e. The molecular formula is C13H14ClFN2O3. The van der Waals surface area contributed by atoms with Crippen LogP contribution in [0.25, 0.3) is 0 Å². The van der Waals surface area contributed by atoms with E-state index in [4.69, 9.17) is 16.7 Å². The van der Waals surface area contributed by atoms with Crippen LogP contribution in [0.1, 0.15) is 19.3 Å². The number of nitrogens with one attached hydrogen (secondary N) is 1. The lowest BCUT2D eigenvalue weighted by Gasteiger charge is -2.22. The van der Waals surface area contributed by atoms with Crippen molar-refractivity contribution in [1.29, 1.82) is 0 Å². The van der Waals surface area contributed by atoms with Gasteiger partial charge in [0.2, 0.25) is 0 Å². The van der Waals surface area contributed by atoms with Crippen LogP contribution in [0.5, 0.6) is 0 Å². The summed E-state index contributed by atoms with van der Waals surface area (Å²) in [5.41, 5.74) is 0.251. The van der Waals surface area contributed by atoms with Crippen molar-refractivity contribution in [3.05, 3.63) is 29.0 Å². The lowest BCUT2D eigenvalue weighted by Crippen LogP contribution is -2.38. The predicted octanol–water partition coefficient (Wildman–Crippen LogP) is 2.95. The molecule has 0 aliphatic heterocycles. The lowest BCUT2D eigenvalue weighted by molar-refractivity contribution is -0.137. The van der Waals surface area contributed by atoms with Crippen molar-refractivity contribution in [2.75, 3.05) is 11.9 Å². The number of nitrogens with zero attached hydrogens (tertiary/aromatic N) is 1. The lowest BCUT2D eigenvalue weighted by atomic mass is 10.3. The number of urea groups is 1. The van der Waals surface area contributed by atoms with Crippen LogP contribution in [-0.4, -0.2) is 34.6 Å². The van der Waals surface area contributed by atoms with E-state index in [9.17, 15) is 14.0 Å². The average Bonchev–Trinajstić information content (AvgIpc) is 3.11. The number of carboxylic acid groups (broad SMARTS) is 1. The summed E-state index contributed by atoms with van der Waals surface area (Å²) in [5.74, 6) is -1.51. The molecule has 0 heterocycles. The third-order valence-corrected chi connectivity index (χ3v) is 3.15. The normalized spacial score (nSPS) is 13.9. The van der Waals surface area contributed by atoms with Crippen LogP contribution in [-0.2, 0) is 4.79 Å². The van der Waals surface area contributed by atoms with Crippen molar-refractivity contribution < 1.29 is 19.1 Å². The Labute approximate surface area is 120 Å². The number of halogens is 2. The number of carbonyl (C=O) groups is 2. The minimum absolute atomic E-state index is 0.0679. The van der Waals surface area contributed by atoms with Crippen LogP contribution in [0.3, 0.4) is 0 Å². The maximum atomic E-state index is 13.2. The number of hydrogen-bond acceptors (Lipinski definition) is 2. The molecule has 1 fully saturated rings. The van der Waals surface area contributed by atoms with Crippen molar-refractivity contribution >= 4 is 29.3 Å². The van der Waals surface area contributed by atoms with Crippen molar-refractivity contribution in [2.24, 2.45) is 0 Å². The third-order valence-electron chi connectivity index (χ3n) is 2.93. The summed E-state index contributed by atoms with van der Waals surface area (Å²) >= 11 is 5.71. The highest BCUT2D eigenvalue weighted by atomic mass is 35.5. The van der Waals surface area contributed by atoms with E-state index in [2.05, 4.69) is 5.32 Å². The zero-order chi connectivity index (χ0) is 14.7. The number of anilines is 1. The highest BCUT2D eigenvalue weighted by molar-refractivity contribution is 6.30. The Morgan fingerprint density at radius 3 is 2.65 bits per heavy atom. The highest BCUT2D eigenvalue weighted by Crippen LogP contribution is 2.28. The molecule has 0 atom stereocenters. The fourth-order valence-corrected chi connectivity index (χ4v) is 2.10. The van der Waals surface area contributed by atoms with E-state index in [1.807, 2.05) is 0 Å². The third kappa shape index (κ3) is 4.09. The Kier molecular flexibility index (Phi) is 4.44. The first-order chi connectivity index (χ1) is 9.45.